The molecule has 1 N–H and O–H groups in total. The Labute approximate surface area is 152 Å². The van der Waals surface area contributed by atoms with Gasteiger partial charge >= 0.3 is 11.9 Å². The highest BCUT2D eigenvalue weighted by molar-refractivity contribution is 5.91. The lowest BCUT2D eigenvalue weighted by Gasteiger charge is -2.35. The van der Waals surface area contributed by atoms with Gasteiger partial charge in [0, 0.05) is 6.07 Å². The van der Waals surface area contributed by atoms with E-state index in [2.05, 4.69) is 0 Å². The van der Waals surface area contributed by atoms with Gasteiger partial charge in [-0.05, 0) is 30.5 Å². The highest BCUT2D eigenvalue weighted by atomic mass is 16.5. The van der Waals surface area contributed by atoms with Crippen molar-refractivity contribution in [2.45, 2.75) is 37.5 Å². The second-order valence-corrected chi connectivity index (χ2v) is 6.57. The monoisotopic (exact) mass is 354 g/mol. The van der Waals surface area contributed by atoms with Gasteiger partial charge in [0.05, 0.1) is 12.5 Å². The lowest BCUT2D eigenvalue weighted by Crippen LogP contribution is -2.41. The third-order valence-corrected chi connectivity index (χ3v) is 5.04. The smallest absolute Gasteiger partial charge is 0.339 e. The average molecular weight is 354 g/mol. The van der Waals surface area contributed by atoms with E-state index in [9.17, 15) is 14.7 Å². The minimum atomic E-state index is -1.09. The molecule has 0 spiro atoms. The Bertz CT molecular complexity index is 791. The van der Waals surface area contributed by atoms with E-state index in [-0.39, 0.29) is 23.0 Å². The summed E-state index contributed by atoms with van der Waals surface area (Å²) < 4.78 is 10.8. The minimum Gasteiger partial charge on any atom is -0.496 e. The fraction of sp³-hybridized carbons (Fsp3) is 0.333. The molecule has 0 saturated heterocycles. The van der Waals surface area contributed by atoms with Crippen molar-refractivity contribution in [1.82, 2.24) is 0 Å². The van der Waals surface area contributed by atoms with Crippen molar-refractivity contribution in [1.29, 1.82) is 0 Å². The number of carboxylic acids is 1. The van der Waals surface area contributed by atoms with Crippen molar-refractivity contribution in [3.8, 4) is 11.5 Å². The molecule has 0 unspecified atom stereocenters. The fourth-order valence-electron chi connectivity index (χ4n) is 3.64. The molecule has 5 nitrogen and oxygen atoms in total. The van der Waals surface area contributed by atoms with Gasteiger partial charge in [0.25, 0.3) is 0 Å². The topological polar surface area (TPSA) is 72.8 Å². The number of hydrogen-bond donors (Lipinski definition) is 1. The maximum Gasteiger partial charge on any atom is 0.339 e. The van der Waals surface area contributed by atoms with Crippen LogP contribution in [0, 0.1) is 0 Å². The van der Waals surface area contributed by atoms with Gasteiger partial charge in [0.1, 0.15) is 17.1 Å². The summed E-state index contributed by atoms with van der Waals surface area (Å²) in [4.78, 5) is 24.3. The first-order chi connectivity index (χ1) is 12.6. The van der Waals surface area contributed by atoms with E-state index in [4.69, 9.17) is 9.47 Å². The second kappa shape index (κ2) is 7.60. The Kier molecular flexibility index (Phi) is 5.26. The second-order valence-electron chi connectivity index (χ2n) is 6.57. The summed E-state index contributed by atoms with van der Waals surface area (Å²) in [7, 11) is 1.39. The number of carboxylic acid groups (broad SMARTS) is 1. The van der Waals surface area contributed by atoms with Crippen LogP contribution in [0.1, 0.15) is 48.0 Å². The van der Waals surface area contributed by atoms with Crippen LogP contribution in [0.15, 0.2) is 48.5 Å². The van der Waals surface area contributed by atoms with Crippen LogP contribution in [-0.2, 0) is 10.2 Å². The van der Waals surface area contributed by atoms with E-state index in [1.54, 1.807) is 0 Å². The molecule has 26 heavy (non-hydrogen) atoms. The van der Waals surface area contributed by atoms with Gasteiger partial charge in [-0.2, -0.15) is 0 Å². The maximum absolute atomic E-state index is 13.1. The van der Waals surface area contributed by atoms with Crippen LogP contribution in [0.4, 0.5) is 0 Å². The first kappa shape index (κ1) is 18.0. The number of esters is 1. The molecule has 1 fully saturated rings. The standard InChI is InChI=1S/C21H22O5/c1-25-18-14-16(10-11-17(18)19(22)23)26-20(24)21(12-6-3-7-13-21)15-8-4-2-5-9-15/h2,4-5,8-11,14H,3,6-7,12-13H2,1H3,(H,22,23). The van der Waals surface area contributed by atoms with Crippen LogP contribution in [-0.4, -0.2) is 24.2 Å². The summed E-state index contributed by atoms with van der Waals surface area (Å²) >= 11 is 0. The van der Waals surface area contributed by atoms with Crippen LogP contribution in [0.25, 0.3) is 0 Å². The van der Waals surface area contributed by atoms with Crippen molar-refractivity contribution in [2.24, 2.45) is 0 Å². The molecule has 0 amide bonds. The van der Waals surface area contributed by atoms with Crippen LogP contribution in [0.3, 0.4) is 0 Å². The number of ether oxygens (including phenoxy) is 2. The van der Waals surface area contributed by atoms with Crippen LogP contribution < -0.4 is 9.47 Å². The third kappa shape index (κ3) is 3.43. The maximum atomic E-state index is 13.1. The lowest BCUT2D eigenvalue weighted by atomic mass is 9.69. The molecule has 1 saturated carbocycles. The molecular weight excluding hydrogens is 332 g/mol. The molecule has 0 atom stereocenters. The van der Waals surface area contributed by atoms with Gasteiger partial charge in [-0.1, -0.05) is 49.6 Å². The van der Waals surface area contributed by atoms with Crippen molar-refractivity contribution >= 4 is 11.9 Å². The summed E-state index contributed by atoms with van der Waals surface area (Å²) in [5.41, 5.74) is 0.347. The third-order valence-electron chi connectivity index (χ3n) is 5.04. The molecule has 136 valence electrons. The quantitative estimate of drug-likeness (QED) is 0.643. The molecule has 5 heteroatoms. The highest BCUT2D eigenvalue weighted by Crippen LogP contribution is 2.41. The summed E-state index contributed by atoms with van der Waals surface area (Å²) in [6.45, 7) is 0. The van der Waals surface area contributed by atoms with Gasteiger partial charge in [0.15, 0.2) is 0 Å². The Morgan fingerprint density at radius 3 is 2.31 bits per heavy atom. The van der Waals surface area contributed by atoms with Gasteiger partial charge in [-0.25, -0.2) is 4.79 Å². The largest absolute Gasteiger partial charge is 0.496 e. The highest BCUT2D eigenvalue weighted by Gasteiger charge is 2.42. The normalized spacial score (nSPS) is 15.9. The SMILES string of the molecule is COc1cc(OC(=O)C2(c3ccccc3)CCCCC2)ccc1C(=O)O. The molecule has 0 aliphatic heterocycles. The first-order valence-electron chi connectivity index (χ1n) is 8.76. The molecule has 3 rings (SSSR count). The average Bonchev–Trinajstić information content (AvgIpc) is 2.68. The summed E-state index contributed by atoms with van der Waals surface area (Å²) in [6, 6.07) is 14.1. The number of hydrogen-bond acceptors (Lipinski definition) is 4. The Morgan fingerprint density at radius 1 is 1.00 bits per heavy atom. The van der Waals surface area contributed by atoms with E-state index in [1.165, 1.54) is 25.3 Å². The van der Waals surface area contributed by atoms with E-state index in [0.29, 0.717) is 0 Å². The van der Waals surface area contributed by atoms with E-state index in [1.807, 2.05) is 30.3 Å². The lowest BCUT2D eigenvalue weighted by molar-refractivity contribution is -0.142. The van der Waals surface area contributed by atoms with E-state index < -0.39 is 11.4 Å². The molecule has 2 aromatic rings. The molecule has 2 aromatic carbocycles. The number of aromatic carboxylic acids is 1. The van der Waals surface area contributed by atoms with Crippen LogP contribution in [0.2, 0.25) is 0 Å². The van der Waals surface area contributed by atoms with Gasteiger partial charge in [-0.3, -0.25) is 4.79 Å². The molecule has 1 aliphatic carbocycles. The number of carbonyl (C=O) groups is 2. The summed E-state index contributed by atoms with van der Waals surface area (Å²) in [5, 5.41) is 9.18. The van der Waals surface area contributed by atoms with E-state index >= 15 is 0 Å². The molecule has 0 radical (unpaired) electrons. The van der Waals surface area contributed by atoms with E-state index in [0.717, 1.165) is 37.7 Å². The number of carbonyl (C=O) groups excluding carboxylic acids is 1. The van der Waals surface area contributed by atoms with Crippen molar-refractivity contribution in [2.75, 3.05) is 7.11 Å². The fourth-order valence-corrected chi connectivity index (χ4v) is 3.64. The minimum absolute atomic E-state index is 0.0303. The van der Waals surface area contributed by atoms with Gasteiger partial charge in [0.2, 0.25) is 0 Å². The summed E-state index contributed by atoms with van der Waals surface area (Å²) in [5.74, 6) is -0.931. The molecule has 0 heterocycles. The Morgan fingerprint density at radius 2 is 1.69 bits per heavy atom. The van der Waals surface area contributed by atoms with Gasteiger partial charge < -0.3 is 14.6 Å². The number of benzene rings is 2. The van der Waals surface area contributed by atoms with Crippen LogP contribution in [0.5, 0.6) is 11.5 Å². The number of methoxy groups -OCH3 is 1. The predicted octanol–water partition coefficient (Wildman–Crippen LogP) is 4.20. The molecule has 0 bridgehead atoms. The number of rotatable bonds is 5. The molecule has 0 aromatic heterocycles. The predicted molar refractivity (Wildman–Crippen MR) is 96.8 cm³/mol. The van der Waals surface area contributed by atoms with Crippen molar-refractivity contribution in [3.05, 3.63) is 59.7 Å². The Hall–Kier alpha value is -2.82. The van der Waals surface area contributed by atoms with Gasteiger partial charge in [-0.15, -0.1) is 0 Å². The first-order valence-corrected chi connectivity index (χ1v) is 8.76. The van der Waals surface area contributed by atoms with Crippen molar-refractivity contribution < 1.29 is 24.2 Å². The zero-order valence-corrected chi connectivity index (χ0v) is 14.7. The molecule has 1 aliphatic rings. The zero-order chi connectivity index (χ0) is 18.6. The molecular formula is C21H22O5. The van der Waals surface area contributed by atoms with Crippen molar-refractivity contribution in [3.63, 3.8) is 0 Å². The Balaban J connectivity index is 1.90. The summed E-state index contributed by atoms with van der Waals surface area (Å²) in [6.07, 6.45) is 4.57. The zero-order valence-electron chi connectivity index (χ0n) is 14.7. The van der Waals surface area contributed by atoms with Crippen LogP contribution >= 0.6 is 0 Å².